The van der Waals surface area contributed by atoms with Crippen LogP contribution in [0.3, 0.4) is 0 Å². The molecule has 4 aromatic heterocycles. The van der Waals surface area contributed by atoms with Gasteiger partial charge in [-0.2, -0.15) is 0 Å². The normalized spacial score (nSPS) is 11.9. The molecule has 0 unspecified atom stereocenters. The molecule has 8 rings (SSSR count). The Hall–Kier alpha value is -4.68. The molecule has 0 bridgehead atoms. The number of imidazole rings is 1. The van der Waals surface area contributed by atoms with E-state index < -0.39 is 8.07 Å². The Morgan fingerprint density at radius 1 is 0.729 bits per heavy atom. The van der Waals surface area contributed by atoms with E-state index in [1.807, 2.05) is 42.6 Å². The van der Waals surface area contributed by atoms with E-state index in [9.17, 15) is 0 Å². The molecular formula is C52H58IrN4OSi-2. The molecule has 0 N–H and O–H groups in total. The van der Waals surface area contributed by atoms with Gasteiger partial charge in [0, 0.05) is 43.1 Å². The minimum Gasteiger partial charge on any atom is -0.501 e. The molecule has 0 aliphatic heterocycles. The predicted octanol–water partition coefficient (Wildman–Crippen LogP) is 13.8. The zero-order valence-electron chi connectivity index (χ0n) is 36.8. The number of fused-ring (bicyclic) bond motifs is 4. The van der Waals surface area contributed by atoms with Gasteiger partial charge in [-0.15, -0.1) is 54.1 Å². The van der Waals surface area contributed by atoms with Gasteiger partial charge in [-0.3, -0.25) is 9.97 Å². The molecule has 0 spiro atoms. The molecular weight excluding hydrogens is 917 g/mol. The molecule has 7 heteroatoms. The van der Waals surface area contributed by atoms with Crippen molar-refractivity contribution in [3.8, 4) is 28.3 Å². The number of aromatic nitrogens is 4. The molecule has 0 saturated heterocycles. The predicted molar refractivity (Wildman–Crippen MR) is 247 cm³/mol. The quantitative estimate of drug-likeness (QED) is 0.107. The molecule has 0 aliphatic rings. The number of aryl methyl sites for hydroxylation is 1. The summed E-state index contributed by atoms with van der Waals surface area (Å²) in [4.78, 5) is 14.7. The smallest absolute Gasteiger partial charge is 0.120 e. The SMILES string of the molecule is CC(C)Cc1cc(-c2[c-]cccc2)ncc1[Si](C)(C)C.Cc1cc(C(C)C)c(-n2c(-c3[c-]ccc4c3oc3ccccc34)nc3cnc(C(C)C)cc32)c(C(C)C)c1.[Ir]. The zero-order valence-corrected chi connectivity index (χ0v) is 40.2. The van der Waals surface area contributed by atoms with Crippen molar-refractivity contribution in [2.75, 3.05) is 0 Å². The second kappa shape index (κ2) is 17.9. The fourth-order valence-electron chi connectivity index (χ4n) is 8.02. The maximum atomic E-state index is 6.46. The summed E-state index contributed by atoms with van der Waals surface area (Å²) >= 11 is 0. The van der Waals surface area contributed by atoms with Crippen LogP contribution in [0.15, 0.2) is 102 Å². The first kappa shape index (κ1) is 43.9. The number of nitrogens with zero attached hydrogens (tertiary/aromatic N) is 4. The van der Waals surface area contributed by atoms with Crippen molar-refractivity contribution in [2.45, 2.75) is 106 Å². The fraction of sp³-hybridized carbons (Fsp3) is 0.327. The first-order chi connectivity index (χ1) is 27.6. The third kappa shape index (κ3) is 9.08. The van der Waals surface area contributed by atoms with Crippen LogP contribution in [-0.2, 0) is 26.5 Å². The van der Waals surface area contributed by atoms with Crippen LogP contribution in [0.25, 0.3) is 61.3 Å². The Morgan fingerprint density at radius 3 is 2.05 bits per heavy atom. The number of benzene rings is 4. The second-order valence-corrected chi connectivity index (χ2v) is 23.2. The van der Waals surface area contributed by atoms with E-state index in [4.69, 9.17) is 14.4 Å². The summed E-state index contributed by atoms with van der Waals surface area (Å²) in [5.74, 6) is 2.49. The van der Waals surface area contributed by atoms with Gasteiger partial charge >= 0.3 is 0 Å². The van der Waals surface area contributed by atoms with Crippen LogP contribution < -0.4 is 5.19 Å². The van der Waals surface area contributed by atoms with Crippen molar-refractivity contribution < 1.29 is 24.5 Å². The van der Waals surface area contributed by atoms with Crippen LogP contribution in [0.2, 0.25) is 19.6 Å². The monoisotopic (exact) mass is 975 g/mol. The number of furan rings is 1. The van der Waals surface area contributed by atoms with Crippen molar-refractivity contribution in [3.63, 3.8) is 0 Å². The van der Waals surface area contributed by atoms with Gasteiger partial charge in [-0.25, -0.2) is 0 Å². The van der Waals surface area contributed by atoms with E-state index in [0.717, 1.165) is 67.7 Å². The third-order valence-corrected chi connectivity index (χ3v) is 13.0. The summed E-state index contributed by atoms with van der Waals surface area (Å²) in [5.41, 5.74) is 14.3. The summed E-state index contributed by atoms with van der Waals surface area (Å²) in [6.07, 6.45) is 5.16. The number of rotatable bonds is 9. The Bertz CT molecular complexity index is 2690. The standard InChI is InChI=1S/C34H34N3O.C18H24NSi.Ir/c1-19(2)26-15-22(7)16-27(20(3)4)32(26)37-30-17-28(21(5)6)35-18-29(30)36-34(37)25-13-10-12-24-23-11-8-9-14-31(23)38-33(24)25;1-14(2)11-16-12-17(15-9-7-6-8-10-15)19-13-18(16)20(3,4)5;/h8-12,14-21H,1-7H3;6-9,12-14H,11H2,1-5H3;/q2*-1;. The zero-order chi connectivity index (χ0) is 41.5. The van der Waals surface area contributed by atoms with Gasteiger partial charge in [0.25, 0.3) is 0 Å². The molecule has 0 aliphatic carbocycles. The summed E-state index contributed by atoms with van der Waals surface area (Å²) in [6.45, 7) is 27.4. The van der Waals surface area contributed by atoms with Crippen LogP contribution in [0.5, 0.6) is 0 Å². The molecule has 5 nitrogen and oxygen atoms in total. The van der Waals surface area contributed by atoms with Crippen LogP contribution in [0, 0.1) is 25.0 Å². The van der Waals surface area contributed by atoms with Crippen molar-refractivity contribution in [1.29, 1.82) is 0 Å². The van der Waals surface area contributed by atoms with E-state index in [2.05, 4.69) is 158 Å². The molecule has 59 heavy (non-hydrogen) atoms. The maximum Gasteiger partial charge on any atom is 0.120 e. The van der Waals surface area contributed by atoms with E-state index in [0.29, 0.717) is 23.7 Å². The van der Waals surface area contributed by atoms with E-state index in [-0.39, 0.29) is 20.1 Å². The van der Waals surface area contributed by atoms with E-state index in [1.165, 1.54) is 33.1 Å². The van der Waals surface area contributed by atoms with Gasteiger partial charge in [0.1, 0.15) is 5.58 Å². The van der Waals surface area contributed by atoms with Crippen LogP contribution in [0.1, 0.15) is 101 Å². The molecule has 4 aromatic carbocycles. The molecule has 4 heterocycles. The first-order valence-electron chi connectivity index (χ1n) is 20.9. The molecule has 0 saturated carbocycles. The Morgan fingerprint density at radius 2 is 1.42 bits per heavy atom. The van der Waals surface area contributed by atoms with Crippen LogP contribution in [0.4, 0.5) is 0 Å². The van der Waals surface area contributed by atoms with Crippen molar-refractivity contribution >= 4 is 46.2 Å². The van der Waals surface area contributed by atoms with Crippen molar-refractivity contribution in [2.24, 2.45) is 5.92 Å². The average molecular weight is 975 g/mol. The Labute approximate surface area is 366 Å². The van der Waals surface area contributed by atoms with Crippen LogP contribution >= 0.6 is 0 Å². The fourth-order valence-corrected chi connectivity index (χ4v) is 9.61. The molecule has 0 amide bonds. The average Bonchev–Trinajstić information content (AvgIpc) is 3.76. The topological polar surface area (TPSA) is 56.7 Å². The molecule has 0 fully saturated rings. The largest absolute Gasteiger partial charge is 0.501 e. The molecule has 0 atom stereocenters. The molecule has 307 valence electrons. The molecule has 1 radical (unpaired) electrons. The minimum absolute atomic E-state index is 0. The number of para-hydroxylation sites is 1. The van der Waals surface area contributed by atoms with Gasteiger partial charge in [0.05, 0.1) is 36.7 Å². The van der Waals surface area contributed by atoms with Crippen molar-refractivity contribution in [1.82, 2.24) is 19.5 Å². The van der Waals surface area contributed by atoms with Crippen molar-refractivity contribution in [3.05, 3.63) is 137 Å². The van der Waals surface area contributed by atoms with Gasteiger partial charge in [-0.05, 0) is 71.2 Å². The minimum atomic E-state index is -1.34. The van der Waals surface area contributed by atoms with E-state index in [1.54, 1.807) is 0 Å². The van der Waals surface area contributed by atoms with Gasteiger partial charge < -0.3 is 14.0 Å². The maximum absolute atomic E-state index is 6.46. The van der Waals surface area contributed by atoms with E-state index >= 15 is 0 Å². The summed E-state index contributed by atoms with van der Waals surface area (Å²) in [5, 5.41) is 3.67. The molecule has 8 aromatic rings. The number of pyridine rings is 2. The summed E-state index contributed by atoms with van der Waals surface area (Å²) in [7, 11) is -1.34. The summed E-state index contributed by atoms with van der Waals surface area (Å²) in [6, 6.07) is 36.3. The van der Waals surface area contributed by atoms with Crippen LogP contribution in [-0.4, -0.2) is 27.6 Å². The second-order valence-electron chi connectivity index (χ2n) is 18.2. The Balaban J connectivity index is 0.000000236. The first-order valence-corrected chi connectivity index (χ1v) is 24.4. The number of hydrogen-bond acceptors (Lipinski definition) is 4. The van der Waals surface area contributed by atoms with Gasteiger partial charge in [-0.1, -0.05) is 134 Å². The van der Waals surface area contributed by atoms with Gasteiger partial charge in [0.15, 0.2) is 0 Å². The Kier molecular flexibility index (Phi) is 13.3. The third-order valence-electron chi connectivity index (χ3n) is 10.9. The van der Waals surface area contributed by atoms with Gasteiger partial charge in [0.2, 0.25) is 0 Å². The summed E-state index contributed by atoms with van der Waals surface area (Å²) < 4.78 is 8.81. The number of hydrogen-bond donors (Lipinski definition) is 0.